The summed E-state index contributed by atoms with van der Waals surface area (Å²) < 4.78 is 7.37. The van der Waals surface area contributed by atoms with Gasteiger partial charge in [-0.25, -0.2) is 0 Å². The molecule has 0 saturated heterocycles. The van der Waals surface area contributed by atoms with Crippen LogP contribution in [-0.4, -0.2) is 17.1 Å². The van der Waals surface area contributed by atoms with Crippen molar-refractivity contribution < 1.29 is 9.53 Å². The van der Waals surface area contributed by atoms with E-state index in [0.29, 0.717) is 38.8 Å². The molecule has 0 atom stereocenters. The van der Waals surface area contributed by atoms with Crippen molar-refractivity contribution in [2.45, 2.75) is 6.92 Å². The Kier molecular flexibility index (Phi) is 7.46. The van der Waals surface area contributed by atoms with Gasteiger partial charge in [-0.3, -0.25) is 14.2 Å². The van der Waals surface area contributed by atoms with Crippen molar-refractivity contribution in [3.63, 3.8) is 0 Å². The highest BCUT2D eigenvalue weighted by atomic mass is 35.5. The van der Waals surface area contributed by atoms with Gasteiger partial charge in [0.05, 0.1) is 16.8 Å². The third-order valence-corrected chi connectivity index (χ3v) is 6.44. The first-order valence-electron chi connectivity index (χ1n) is 10.7. The monoisotopic (exact) mass is 501 g/mol. The largest absolute Gasteiger partial charge is 0.494 e. The zero-order valence-electron chi connectivity index (χ0n) is 18.7. The summed E-state index contributed by atoms with van der Waals surface area (Å²) in [6.45, 7) is 2.41. The zero-order chi connectivity index (χ0) is 24.8. The number of hydrogen-bond acceptors (Lipinski definition) is 5. The second-order valence-electron chi connectivity index (χ2n) is 7.31. The fourth-order valence-electron chi connectivity index (χ4n) is 3.39. The molecule has 0 radical (unpaired) electrons. The molecule has 0 unspecified atom stereocenters. The average Bonchev–Trinajstić information content (AvgIpc) is 3.18. The highest BCUT2D eigenvalue weighted by Gasteiger charge is 2.17. The van der Waals surface area contributed by atoms with Gasteiger partial charge < -0.3 is 10.1 Å². The Bertz CT molecular complexity index is 1580. The number of benzene rings is 3. The Morgan fingerprint density at radius 2 is 1.77 bits per heavy atom. The molecule has 3 aromatic carbocycles. The Labute approximate surface area is 210 Å². The predicted octanol–water partition coefficient (Wildman–Crippen LogP) is 4.09. The van der Waals surface area contributed by atoms with Crippen LogP contribution < -0.4 is 24.8 Å². The lowest BCUT2D eigenvalue weighted by Crippen LogP contribution is -2.32. The standard InChI is InChI=1S/C27H20ClN3O3S/c1-2-34-21-14-12-19(13-15-21)30-25(32)22(17-29)27-31(20-9-4-3-5-10-20)26(33)24(35-27)16-18-8-6-7-11-23(18)28/h3-16H,2H2,1H3,(H,30,32)/b24-16+,27-22+. The van der Waals surface area contributed by atoms with Crippen LogP contribution in [0.15, 0.2) is 83.7 Å². The highest BCUT2D eigenvalue weighted by molar-refractivity contribution is 7.07. The smallest absolute Gasteiger partial charge is 0.273 e. The maximum absolute atomic E-state index is 13.4. The molecule has 0 fully saturated rings. The summed E-state index contributed by atoms with van der Waals surface area (Å²) in [7, 11) is 0. The van der Waals surface area contributed by atoms with E-state index in [0.717, 1.165) is 11.3 Å². The van der Waals surface area contributed by atoms with Crippen molar-refractivity contribution in [3.05, 3.63) is 109 Å². The Morgan fingerprint density at radius 1 is 1.09 bits per heavy atom. The summed E-state index contributed by atoms with van der Waals surface area (Å²) in [4.78, 5) is 26.6. The number of aromatic nitrogens is 1. The molecule has 1 aromatic heterocycles. The first-order chi connectivity index (χ1) is 17.0. The molecule has 1 amide bonds. The van der Waals surface area contributed by atoms with Crippen LogP contribution >= 0.6 is 22.9 Å². The van der Waals surface area contributed by atoms with Crippen LogP contribution in [0.5, 0.6) is 5.75 Å². The summed E-state index contributed by atoms with van der Waals surface area (Å²) in [5.74, 6) is 0.0535. The van der Waals surface area contributed by atoms with Crippen LogP contribution in [0.1, 0.15) is 12.5 Å². The van der Waals surface area contributed by atoms with Crippen molar-refractivity contribution in [2.75, 3.05) is 11.9 Å². The molecule has 0 aliphatic carbocycles. The van der Waals surface area contributed by atoms with Gasteiger partial charge in [0, 0.05) is 10.7 Å². The number of hydrogen-bond donors (Lipinski definition) is 1. The molecule has 35 heavy (non-hydrogen) atoms. The number of amides is 1. The number of nitrogens with one attached hydrogen (secondary N) is 1. The van der Waals surface area contributed by atoms with E-state index in [1.54, 1.807) is 72.8 Å². The van der Waals surface area contributed by atoms with Crippen molar-refractivity contribution >= 4 is 46.2 Å². The number of halogens is 1. The quantitative estimate of drug-likeness (QED) is 0.431. The molecule has 4 rings (SSSR count). The molecule has 0 aliphatic heterocycles. The van der Waals surface area contributed by atoms with E-state index < -0.39 is 5.91 Å². The lowest BCUT2D eigenvalue weighted by Gasteiger charge is -2.07. The zero-order valence-corrected chi connectivity index (χ0v) is 20.3. The maximum atomic E-state index is 13.4. The second-order valence-corrected chi connectivity index (χ2v) is 8.75. The molecule has 0 bridgehead atoms. The van der Waals surface area contributed by atoms with Gasteiger partial charge in [0.1, 0.15) is 16.5 Å². The Hall–Kier alpha value is -4.12. The first kappa shape index (κ1) is 24.0. The van der Waals surface area contributed by atoms with Crippen LogP contribution in [0.2, 0.25) is 5.02 Å². The third-order valence-electron chi connectivity index (χ3n) is 5.01. The van der Waals surface area contributed by atoms with Crippen LogP contribution in [0.4, 0.5) is 5.69 Å². The topological polar surface area (TPSA) is 84.1 Å². The molecular formula is C27H20ClN3O3S. The summed E-state index contributed by atoms with van der Waals surface area (Å²) >= 11 is 7.35. The van der Waals surface area contributed by atoms with Gasteiger partial charge in [-0.05, 0) is 61.0 Å². The van der Waals surface area contributed by atoms with Crippen LogP contribution in [-0.2, 0) is 4.79 Å². The Morgan fingerprint density at radius 3 is 2.43 bits per heavy atom. The summed E-state index contributed by atoms with van der Waals surface area (Å²) in [5, 5.41) is 13.2. The first-order valence-corrected chi connectivity index (χ1v) is 11.9. The number of carbonyl (C=O) groups excluding carboxylic acids is 1. The van der Waals surface area contributed by atoms with Crippen molar-refractivity contribution in [1.82, 2.24) is 4.57 Å². The molecule has 0 spiro atoms. The van der Waals surface area contributed by atoms with Gasteiger partial charge in [0.2, 0.25) is 0 Å². The molecule has 0 saturated carbocycles. The Balaban J connectivity index is 1.88. The average molecular weight is 502 g/mol. The lowest BCUT2D eigenvalue weighted by atomic mass is 10.2. The van der Waals surface area contributed by atoms with Crippen LogP contribution in [0.3, 0.4) is 0 Å². The number of anilines is 1. The number of rotatable bonds is 6. The minimum Gasteiger partial charge on any atom is -0.494 e. The fourth-order valence-corrected chi connectivity index (χ4v) is 4.67. The maximum Gasteiger partial charge on any atom is 0.273 e. The number of nitrogens with zero attached hydrogens (tertiary/aromatic N) is 2. The van der Waals surface area contributed by atoms with Crippen molar-refractivity contribution in [2.24, 2.45) is 0 Å². The van der Waals surface area contributed by atoms with E-state index in [2.05, 4.69) is 5.32 Å². The highest BCUT2D eigenvalue weighted by Crippen LogP contribution is 2.17. The number of para-hydroxylation sites is 1. The number of thiazole rings is 1. The minimum absolute atomic E-state index is 0.177. The van der Waals surface area contributed by atoms with Gasteiger partial charge in [0.25, 0.3) is 11.5 Å². The second kappa shape index (κ2) is 10.9. The van der Waals surface area contributed by atoms with E-state index in [1.807, 2.05) is 25.1 Å². The minimum atomic E-state index is -0.619. The molecule has 1 N–H and O–H groups in total. The van der Waals surface area contributed by atoms with E-state index >= 15 is 0 Å². The van der Waals surface area contributed by atoms with E-state index in [1.165, 1.54) is 4.57 Å². The molecule has 8 heteroatoms. The number of nitriles is 1. The molecule has 6 nitrogen and oxygen atoms in total. The molecule has 174 valence electrons. The van der Waals surface area contributed by atoms with Gasteiger partial charge in [-0.15, -0.1) is 11.3 Å². The fraction of sp³-hybridized carbons (Fsp3) is 0.0741. The molecular weight excluding hydrogens is 482 g/mol. The lowest BCUT2D eigenvalue weighted by molar-refractivity contribution is -0.111. The molecule has 0 aliphatic rings. The van der Waals surface area contributed by atoms with Crippen LogP contribution in [0, 0.1) is 11.3 Å². The van der Waals surface area contributed by atoms with Gasteiger partial charge >= 0.3 is 0 Å². The SMILES string of the molecule is CCOc1ccc(NC(=O)/C(C#N)=c2/s/c(=C/c3ccccc3Cl)c(=O)n2-c2ccccc2)cc1. The van der Waals surface area contributed by atoms with E-state index in [-0.39, 0.29) is 15.8 Å². The third kappa shape index (κ3) is 5.35. The number of carbonyl (C=O) groups is 1. The molecule has 4 aromatic rings. The predicted molar refractivity (Wildman–Crippen MR) is 139 cm³/mol. The van der Waals surface area contributed by atoms with Crippen molar-refractivity contribution in [1.29, 1.82) is 5.26 Å². The van der Waals surface area contributed by atoms with Crippen LogP contribution in [0.25, 0.3) is 17.3 Å². The summed E-state index contributed by atoms with van der Waals surface area (Å²) in [6.07, 6.45) is 1.66. The van der Waals surface area contributed by atoms with E-state index in [9.17, 15) is 14.9 Å². The van der Waals surface area contributed by atoms with Gasteiger partial charge in [-0.2, -0.15) is 5.26 Å². The number of ether oxygens (including phenoxy) is 1. The van der Waals surface area contributed by atoms with Gasteiger partial charge in [-0.1, -0.05) is 48.0 Å². The van der Waals surface area contributed by atoms with Crippen molar-refractivity contribution in [3.8, 4) is 17.5 Å². The molecule has 1 heterocycles. The van der Waals surface area contributed by atoms with Gasteiger partial charge in [0.15, 0.2) is 5.57 Å². The normalized spacial score (nSPS) is 12.1. The summed E-state index contributed by atoms with van der Waals surface area (Å²) in [5.41, 5.74) is 1.18. The summed E-state index contributed by atoms with van der Waals surface area (Å²) in [6, 6.07) is 24.8. The van der Waals surface area contributed by atoms with E-state index in [4.69, 9.17) is 16.3 Å².